The van der Waals surface area contributed by atoms with E-state index in [0.29, 0.717) is 49.4 Å². The third-order valence-electron chi connectivity index (χ3n) is 8.21. The van der Waals surface area contributed by atoms with Gasteiger partial charge in [0.1, 0.15) is 5.54 Å². The maximum Gasteiger partial charge on any atom is 0.330 e. The van der Waals surface area contributed by atoms with Gasteiger partial charge in [0.05, 0.1) is 30.2 Å². The van der Waals surface area contributed by atoms with E-state index in [1.807, 2.05) is 12.1 Å². The summed E-state index contributed by atoms with van der Waals surface area (Å²) in [4.78, 5) is 51.6. The van der Waals surface area contributed by atoms with Crippen LogP contribution in [0, 0.1) is 11.3 Å². The topological polar surface area (TPSA) is 210 Å². The molecular formula is C27H40N4O8S. The second-order valence-electron chi connectivity index (χ2n) is 11.2. The van der Waals surface area contributed by atoms with Crippen LogP contribution in [0.1, 0.15) is 62.5 Å². The molecule has 0 bridgehead atoms. The van der Waals surface area contributed by atoms with Crippen LogP contribution in [0.3, 0.4) is 0 Å². The fourth-order valence-corrected chi connectivity index (χ4v) is 6.85. The lowest BCUT2D eigenvalue weighted by molar-refractivity contribution is -0.151. The van der Waals surface area contributed by atoms with Crippen molar-refractivity contribution in [3.63, 3.8) is 0 Å². The number of carboxylic acid groups (broad SMARTS) is 2. The number of sulfonamides is 1. The Morgan fingerprint density at radius 2 is 1.62 bits per heavy atom. The Bertz CT molecular complexity index is 1200. The van der Waals surface area contributed by atoms with Crippen molar-refractivity contribution in [2.45, 2.75) is 75.8 Å². The smallest absolute Gasteiger partial charge is 0.330 e. The normalized spacial score (nSPS) is 18.9. The number of carbonyl (C=O) groups is 4. The van der Waals surface area contributed by atoms with Crippen molar-refractivity contribution >= 4 is 33.8 Å². The SMILES string of the molecule is CS(=O)(=O)N(C[C@@H](CC1(C(=O)NC2(C(=O)O)Cc3ccccc3C2)CCCC1)C(=O)O)C(=O)[C@@H](N)CCCCN. The summed E-state index contributed by atoms with van der Waals surface area (Å²) in [6.07, 6.45) is 3.92. The van der Waals surface area contributed by atoms with Crippen LogP contribution in [0.2, 0.25) is 0 Å². The monoisotopic (exact) mass is 580 g/mol. The second kappa shape index (κ2) is 12.6. The fourth-order valence-electron chi connectivity index (χ4n) is 5.94. The predicted molar refractivity (Wildman–Crippen MR) is 146 cm³/mol. The van der Waals surface area contributed by atoms with Gasteiger partial charge in [-0.15, -0.1) is 0 Å². The predicted octanol–water partition coefficient (Wildman–Crippen LogP) is 0.621. The van der Waals surface area contributed by atoms with E-state index in [9.17, 15) is 37.8 Å². The Kier molecular flexibility index (Phi) is 9.96. The molecule has 0 saturated heterocycles. The minimum absolute atomic E-state index is 0.0983. The Hall–Kier alpha value is -3.03. The number of fused-ring (bicyclic) bond motifs is 1. The molecule has 2 atom stereocenters. The average Bonchev–Trinajstić information content (AvgIpc) is 3.51. The molecule has 0 unspecified atom stereocenters. The van der Waals surface area contributed by atoms with Crippen molar-refractivity contribution < 1.29 is 37.8 Å². The number of amides is 2. The first-order chi connectivity index (χ1) is 18.7. The number of hydrogen-bond acceptors (Lipinski definition) is 8. The van der Waals surface area contributed by atoms with Crippen molar-refractivity contribution in [2.24, 2.45) is 22.8 Å². The largest absolute Gasteiger partial charge is 0.481 e. The van der Waals surface area contributed by atoms with Gasteiger partial charge < -0.3 is 27.0 Å². The van der Waals surface area contributed by atoms with E-state index >= 15 is 0 Å². The van der Waals surface area contributed by atoms with Crippen LogP contribution in [-0.2, 0) is 42.0 Å². The number of hydrogen-bond donors (Lipinski definition) is 5. The summed E-state index contributed by atoms with van der Waals surface area (Å²) in [6.45, 7) is -0.292. The quantitative estimate of drug-likeness (QED) is 0.194. The molecule has 40 heavy (non-hydrogen) atoms. The van der Waals surface area contributed by atoms with E-state index in [0.717, 1.165) is 17.4 Å². The lowest BCUT2D eigenvalue weighted by atomic mass is 9.75. The highest BCUT2D eigenvalue weighted by atomic mass is 32.2. The first kappa shape index (κ1) is 31.5. The Labute approximate surface area is 234 Å². The third kappa shape index (κ3) is 6.99. The van der Waals surface area contributed by atoms with Gasteiger partial charge >= 0.3 is 11.9 Å². The van der Waals surface area contributed by atoms with E-state index in [2.05, 4.69) is 5.32 Å². The van der Waals surface area contributed by atoms with Gasteiger partial charge in [0.25, 0.3) is 5.91 Å². The summed E-state index contributed by atoms with van der Waals surface area (Å²) >= 11 is 0. The minimum Gasteiger partial charge on any atom is -0.481 e. The summed E-state index contributed by atoms with van der Waals surface area (Å²) in [6, 6.07) is 6.07. The molecule has 12 nitrogen and oxygen atoms in total. The average molecular weight is 581 g/mol. The van der Waals surface area contributed by atoms with Crippen molar-refractivity contribution in [2.75, 3.05) is 19.3 Å². The molecule has 0 aliphatic heterocycles. The number of carboxylic acids is 2. The van der Waals surface area contributed by atoms with Crippen LogP contribution < -0.4 is 16.8 Å². The zero-order chi connectivity index (χ0) is 29.7. The van der Waals surface area contributed by atoms with E-state index in [-0.39, 0.29) is 25.7 Å². The molecule has 1 saturated carbocycles. The first-order valence-electron chi connectivity index (χ1n) is 13.6. The van der Waals surface area contributed by atoms with Crippen molar-refractivity contribution in [3.05, 3.63) is 35.4 Å². The summed E-state index contributed by atoms with van der Waals surface area (Å²) in [7, 11) is -4.17. The zero-order valence-corrected chi connectivity index (χ0v) is 23.6. The third-order valence-corrected chi connectivity index (χ3v) is 9.34. The van der Waals surface area contributed by atoms with Gasteiger partial charge in [-0.1, -0.05) is 43.5 Å². The molecule has 13 heteroatoms. The van der Waals surface area contributed by atoms with Gasteiger partial charge in [0.15, 0.2) is 0 Å². The molecule has 2 aliphatic carbocycles. The number of aliphatic carboxylic acids is 2. The van der Waals surface area contributed by atoms with Crippen LogP contribution in [0.15, 0.2) is 24.3 Å². The number of benzene rings is 1. The molecule has 3 rings (SSSR count). The number of rotatable bonds is 14. The van der Waals surface area contributed by atoms with E-state index in [1.54, 1.807) is 12.1 Å². The van der Waals surface area contributed by atoms with E-state index < -0.39 is 63.2 Å². The molecule has 2 aliphatic rings. The number of carbonyl (C=O) groups excluding carboxylic acids is 2. The Balaban J connectivity index is 1.84. The van der Waals surface area contributed by atoms with E-state index in [1.165, 1.54) is 0 Å². The molecule has 0 spiro atoms. The summed E-state index contributed by atoms with van der Waals surface area (Å²) in [5.41, 5.74) is 10.3. The Morgan fingerprint density at radius 3 is 2.10 bits per heavy atom. The van der Waals surface area contributed by atoms with Crippen LogP contribution in [0.5, 0.6) is 0 Å². The molecule has 7 N–H and O–H groups in total. The minimum atomic E-state index is -4.17. The lowest BCUT2D eigenvalue weighted by Crippen LogP contribution is -2.59. The maximum atomic E-state index is 13.8. The van der Waals surface area contributed by atoms with Gasteiger partial charge in [-0.3, -0.25) is 14.4 Å². The fraction of sp³-hybridized carbons (Fsp3) is 0.630. The number of nitrogens with one attached hydrogen (secondary N) is 1. The van der Waals surface area contributed by atoms with Crippen LogP contribution in [0.25, 0.3) is 0 Å². The first-order valence-corrected chi connectivity index (χ1v) is 15.4. The van der Waals surface area contributed by atoms with Crippen molar-refractivity contribution in [1.82, 2.24) is 9.62 Å². The highest BCUT2D eigenvalue weighted by Gasteiger charge is 2.51. The zero-order valence-electron chi connectivity index (χ0n) is 22.8. The number of unbranched alkanes of at least 4 members (excludes halogenated alkanes) is 1. The molecule has 0 radical (unpaired) electrons. The summed E-state index contributed by atoms with van der Waals surface area (Å²) in [5.74, 6) is -5.43. The standard InChI is InChI=1S/C27H40N4O8S/c1-40(38,39)31(22(32)21(29)10-4-7-13-28)17-20(23(33)34)14-26(11-5-6-12-26)24(35)30-27(25(36)37)15-18-8-2-3-9-19(18)16-27/h2-3,8-9,20-21H,4-7,10-17,28-29H2,1H3,(H,30,35)(H,33,34)(H,36,37)/t20-,21+/m1/s1. The molecule has 1 fully saturated rings. The molecule has 1 aromatic rings. The van der Waals surface area contributed by atoms with Gasteiger partial charge in [-0.05, 0) is 49.8 Å². The molecule has 0 aromatic heterocycles. The molecular weight excluding hydrogens is 540 g/mol. The number of nitrogens with zero attached hydrogens (tertiary/aromatic N) is 1. The lowest BCUT2D eigenvalue weighted by Gasteiger charge is -2.36. The van der Waals surface area contributed by atoms with Crippen molar-refractivity contribution in [3.8, 4) is 0 Å². The Morgan fingerprint density at radius 1 is 1.05 bits per heavy atom. The molecule has 222 valence electrons. The summed E-state index contributed by atoms with van der Waals surface area (Å²) < 4.78 is 25.6. The van der Waals surface area contributed by atoms with Crippen LogP contribution in [0.4, 0.5) is 0 Å². The highest BCUT2D eigenvalue weighted by molar-refractivity contribution is 7.88. The molecule has 2 amide bonds. The molecule has 0 heterocycles. The van der Waals surface area contributed by atoms with Gasteiger partial charge in [-0.25, -0.2) is 17.5 Å². The van der Waals surface area contributed by atoms with E-state index in [4.69, 9.17) is 11.5 Å². The van der Waals surface area contributed by atoms with Gasteiger partial charge in [-0.2, -0.15) is 0 Å². The maximum absolute atomic E-state index is 13.8. The summed E-state index contributed by atoms with van der Waals surface area (Å²) in [5, 5.41) is 23.0. The van der Waals surface area contributed by atoms with Crippen molar-refractivity contribution in [1.29, 1.82) is 0 Å². The van der Waals surface area contributed by atoms with Crippen LogP contribution >= 0.6 is 0 Å². The number of nitrogens with two attached hydrogens (primary N) is 2. The molecule has 1 aromatic carbocycles. The van der Waals surface area contributed by atoms with Crippen LogP contribution in [-0.4, -0.2) is 77.6 Å². The van der Waals surface area contributed by atoms with Gasteiger partial charge in [0.2, 0.25) is 15.9 Å². The van der Waals surface area contributed by atoms with Gasteiger partial charge in [0, 0.05) is 12.8 Å². The second-order valence-corrected chi connectivity index (χ2v) is 13.1. The highest BCUT2D eigenvalue weighted by Crippen LogP contribution is 2.45.